The summed E-state index contributed by atoms with van der Waals surface area (Å²) in [6.45, 7) is 2.55. The summed E-state index contributed by atoms with van der Waals surface area (Å²) in [6.07, 6.45) is 1.26. The number of carbonyl (C=O) groups excluding carboxylic acids is 1. The molecule has 7 nitrogen and oxygen atoms in total. The molecule has 8 heteroatoms. The molecular formula is C20H24N2O5S. The van der Waals surface area contributed by atoms with E-state index in [0.717, 1.165) is 11.3 Å². The Balaban J connectivity index is 1.59. The van der Waals surface area contributed by atoms with Gasteiger partial charge in [0.1, 0.15) is 17.6 Å². The normalized spacial score (nSPS) is 15.9. The Morgan fingerprint density at radius 2 is 1.75 bits per heavy atom. The van der Waals surface area contributed by atoms with Crippen molar-refractivity contribution >= 4 is 15.9 Å². The zero-order valence-electron chi connectivity index (χ0n) is 15.7. The van der Waals surface area contributed by atoms with E-state index < -0.39 is 15.9 Å². The third-order valence-electron chi connectivity index (χ3n) is 4.63. The Hall–Kier alpha value is -2.58. The molecule has 1 heterocycles. The predicted molar refractivity (Wildman–Crippen MR) is 105 cm³/mol. The smallest absolute Gasteiger partial charge is 0.255 e. The Morgan fingerprint density at radius 1 is 1.11 bits per heavy atom. The van der Waals surface area contributed by atoms with Crippen LogP contribution in [0.4, 0.5) is 0 Å². The Morgan fingerprint density at radius 3 is 2.36 bits per heavy atom. The molecule has 1 aliphatic rings. The maximum Gasteiger partial charge on any atom is 0.255 e. The van der Waals surface area contributed by atoms with Gasteiger partial charge in [0.2, 0.25) is 10.0 Å². The summed E-state index contributed by atoms with van der Waals surface area (Å²) in [7, 11) is -3.58. The van der Waals surface area contributed by atoms with E-state index in [1.165, 1.54) is 28.6 Å². The number of carbonyl (C=O) groups is 1. The van der Waals surface area contributed by atoms with Crippen LogP contribution in [0.15, 0.2) is 53.4 Å². The number of hydrogen-bond acceptors (Lipinski definition) is 5. The average molecular weight is 404 g/mol. The lowest BCUT2D eigenvalue weighted by Crippen LogP contribution is -2.41. The van der Waals surface area contributed by atoms with Gasteiger partial charge in [-0.25, -0.2) is 8.42 Å². The number of para-hydroxylation sites is 1. The molecular weight excluding hydrogens is 380 g/mol. The predicted octanol–water partition coefficient (Wildman–Crippen LogP) is 2.09. The van der Waals surface area contributed by atoms with Crippen LogP contribution in [0.25, 0.3) is 0 Å². The second-order valence-corrected chi connectivity index (χ2v) is 8.65. The highest BCUT2D eigenvalue weighted by atomic mass is 32.2. The highest BCUT2D eigenvalue weighted by molar-refractivity contribution is 7.89. The molecule has 2 aromatic rings. The third-order valence-corrected chi connectivity index (χ3v) is 6.54. The number of amides is 1. The second kappa shape index (κ2) is 8.62. The fourth-order valence-electron chi connectivity index (χ4n) is 3.07. The van der Waals surface area contributed by atoms with Crippen LogP contribution >= 0.6 is 0 Å². The Bertz CT molecular complexity index is 920. The molecule has 0 aromatic heterocycles. The first-order valence-corrected chi connectivity index (χ1v) is 10.5. The zero-order chi connectivity index (χ0) is 20.1. The number of nitrogens with zero attached hydrogens (tertiary/aromatic N) is 1. The summed E-state index contributed by atoms with van der Waals surface area (Å²) < 4.78 is 38.4. The van der Waals surface area contributed by atoms with Crippen molar-refractivity contribution in [2.45, 2.75) is 30.8 Å². The van der Waals surface area contributed by atoms with Gasteiger partial charge >= 0.3 is 0 Å². The quantitative estimate of drug-likeness (QED) is 0.762. The number of primary amides is 1. The van der Waals surface area contributed by atoms with Gasteiger partial charge in [0.25, 0.3) is 5.91 Å². The van der Waals surface area contributed by atoms with Crippen LogP contribution in [0, 0.1) is 6.92 Å². The number of piperidine rings is 1. The minimum absolute atomic E-state index is 0.00266. The van der Waals surface area contributed by atoms with E-state index in [2.05, 4.69) is 0 Å². The van der Waals surface area contributed by atoms with E-state index in [0.29, 0.717) is 31.7 Å². The number of ether oxygens (including phenoxy) is 2. The minimum atomic E-state index is -3.58. The number of rotatable bonds is 7. The molecule has 0 radical (unpaired) electrons. The summed E-state index contributed by atoms with van der Waals surface area (Å²) in [5, 5.41) is 0. The lowest BCUT2D eigenvalue weighted by Gasteiger charge is -2.31. The fourth-order valence-corrected chi connectivity index (χ4v) is 4.54. The number of benzene rings is 2. The lowest BCUT2D eigenvalue weighted by molar-refractivity contribution is -0.119. The highest BCUT2D eigenvalue weighted by Gasteiger charge is 2.30. The summed E-state index contributed by atoms with van der Waals surface area (Å²) >= 11 is 0. The van der Waals surface area contributed by atoms with E-state index in [1.54, 1.807) is 0 Å². The molecule has 1 aliphatic heterocycles. The third kappa shape index (κ3) is 4.82. The topological polar surface area (TPSA) is 98.9 Å². The van der Waals surface area contributed by atoms with Gasteiger partial charge in [0.05, 0.1) is 4.90 Å². The van der Waals surface area contributed by atoms with Crippen molar-refractivity contribution in [1.82, 2.24) is 4.31 Å². The number of sulfonamides is 1. The number of hydrogen-bond donors (Lipinski definition) is 1. The van der Waals surface area contributed by atoms with E-state index >= 15 is 0 Å². The van der Waals surface area contributed by atoms with Crippen LogP contribution in [-0.4, -0.2) is 44.4 Å². The van der Waals surface area contributed by atoms with Gasteiger partial charge in [-0.05, 0) is 55.7 Å². The number of aryl methyl sites for hydroxylation is 1. The van der Waals surface area contributed by atoms with Gasteiger partial charge in [-0.15, -0.1) is 0 Å². The monoisotopic (exact) mass is 404 g/mol. The molecule has 0 aliphatic carbocycles. The molecule has 1 amide bonds. The van der Waals surface area contributed by atoms with E-state index in [1.807, 2.05) is 31.2 Å². The molecule has 2 aromatic carbocycles. The van der Waals surface area contributed by atoms with Crippen molar-refractivity contribution in [3.05, 3.63) is 54.1 Å². The Labute approximate surface area is 165 Å². The first-order valence-electron chi connectivity index (χ1n) is 9.10. The van der Waals surface area contributed by atoms with Crippen LogP contribution in [0.3, 0.4) is 0 Å². The van der Waals surface area contributed by atoms with Gasteiger partial charge in [0.15, 0.2) is 6.61 Å². The van der Waals surface area contributed by atoms with Crippen molar-refractivity contribution < 1.29 is 22.7 Å². The maximum atomic E-state index is 12.9. The van der Waals surface area contributed by atoms with Crippen LogP contribution in [-0.2, 0) is 14.8 Å². The zero-order valence-corrected chi connectivity index (χ0v) is 16.5. The van der Waals surface area contributed by atoms with E-state index in [4.69, 9.17) is 15.2 Å². The number of nitrogens with two attached hydrogens (primary N) is 1. The summed E-state index contributed by atoms with van der Waals surface area (Å²) in [4.78, 5) is 10.9. The SMILES string of the molecule is Cc1ccccc1OC1CCN(S(=O)(=O)c2ccc(OCC(N)=O)cc2)CC1. The van der Waals surface area contributed by atoms with E-state index in [-0.39, 0.29) is 17.6 Å². The van der Waals surface area contributed by atoms with Gasteiger partial charge in [0, 0.05) is 13.1 Å². The van der Waals surface area contributed by atoms with Gasteiger partial charge in [-0.2, -0.15) is 4.31 Å². The first kappa shape index (κ1) is 20.2. The molecule has 3 rings (SSSR count). The largest absolute Gasteiger partial charge is 0.490 e. The molecule has 1 saturated heterocycles. The van der Waals surface area contributed by atoms with Crippen molar-refractivity contribution in [3.63, 3.8) is 0 Å². The van der Waals surface area contributed by atoms with Crippen LogP contribution in [0.5, 0.6) is 11.5 Å². The summed E-state index contributed by atoms with van der Waals surface area (Å²) in [5.41, 5.74) is 6.09. The summed E-state index contributed by atoms with van der Waals surface area (Å²) in [5.74, 6) is 0.644. The van der Waals surface area contributed by atoms with Crippen molar-refractivity contribution in [2.75, 3.05) is 19.7 Å². The second-order valence-electron chi connectivity index (χ2n) is 6.71. The minimum Gasteiger partial charge on any atom is -0.490 e. The van der Waals surface area contributed by atoms with Gasteiger partial charge in [-0.1, -0.05) is 18.2 Å². The molecule has 0 unspecified atom stereocenters. The van der Waals surface area contributed by atoms with E-state index in [9.17, 15) is 13.2 Å². The Kier molecular flexibility index (Phi) is 6.21. The molecule has 150 valence electrons. The van der Waals surface area contributed by atoms with Crippen molar-refractivity contribution in [2.24, 2.45) is 5.73 Å². The van der Waals surface area contributed by atoms with Crippen molar-refractivity contribution in [3.8, 4) is 11.5 Å². The van der Waals surface area contributed by atoms with Crippen LogP contribution in [0.2, 0.25) is 0 Å². The molecule has 1 fully saturated rings. The standard InChI is InChI=1S/C20H24N2O5S/c1-15-4-2-3-5-19(15)27-17-10-12-22(13-11-17)28(24,25)18-8-6-16(7-9-18)26-14-20(21)23/h2-9,17H,10-14H2,1H3,(H2,21,23). The average Bonchev–Trinajstić information content (AvgIpc) is 2.69. The maximum absolute atomic E-state index is 12.9. The molecule has 0 saturated carbocycles. The van der Waals surface area contributed by atoms with Gasteiger partial charge in [-0.3, -0.25) is 4.79 Å². The van der Waals surface area contributed by atoms with Gasteiger partial charge < -0.3 is 15.2 Å². The molecule has 28 heavy (non-hydrogen) atoms. The van der Waals surface area contributed by atoms with Crippen molar-refractivity contribution in [1.29, 1.82) is 0 Å². The highest BCUT2D eigenvalue weighted by Crippen LogP contribution is 2.26. The molecule has 2 N–H and O–H groups in total. The molecule has 0 atom stereocenters. The van der Waals surface area contributed by atoms with Crippen LogP contribution in [0.1, 0.15) is 18.4 Å². The summed E-state index contributed by atoms with van der Waals surface area (Å²) in [6, 6.07) is 13.8. The first-order chi connectivity index (χ1) is 13.4. The van der Waals surface area contributed by atoms with Crippen LogP contribution < -0.4 is 15.2 Å². The molecule has 0 bridgehead atoms. The molecule has 0 spiro atoms. The fraction of sp³-hybridized carbons (Fsp3) is 0.350. The lowest BCUT2D eigenvalue weighted by atomic mass is 10.1.